The van der Waals surface area contributed by atoms with E-state index < -0.39 is 5.97 Å². The summed E-state index contributed by atoms with van der Waals surface area (Å²) in [6.45, 7) is 6.26. The standard InChI is InChI=1S/C13H24N2O3/c1-3-14(4-2)12(16)6-5-9-15(10-13(17)18)11-7-8-11/h11H,3-10H2,1-2H3,(H,17,18). The molecular formula is C13H24N2O3. The quantitative estimate of drug-likeness (QED) is 0.673. The van der Waals surface area contributed by atoms with Gasteiger partial charge in [-0.05, 0) is 39.7 Å². The van der Waals surface area contributed by atoms with Gasteiger partial charge in [0.15, 0.2) is 0 Å². The lowest BCUT2D eigenvalue weighted by Crippen LogP contribution is -2.34. The molecule has 0 heterocycles. The fourth-order valence-corrected chi connectivity index (χ4v) is 2.17. The molecule has 0 aliphatic heterocycles. The first-order chi connectivity index (χ1) is 8.58. The molecule has 5 heteroatoms. The molecule has 1 aliphatic rings. The number of carbonyl (C=O) groups is 2. The number of amides is 1. The molecule has 0 aromatic rings. The second-order valence-electron chi connectivity index (χ2n) is 4.76. The summed E-state index contributed by atoms with van der Waals surface area (Å²) >= 11 is 0. The van der Waals surface area contributed by atoms with Crippen molar-refractivity contribution >= 4 is 11.9 Å². The van der Waals surface area contributed by atoms with E-state index in [-0.39, 0.29) is 12.5 Å². The lowest BCUT2D eigenvalue weighted by molar-refractivity contribution is -0.138. The Morgan fingerprint density at radius 2 is 1.83 bits per heavy atom. The van der Waals surface area contributed by atoms with E-state index >= 15 is 0 Å². The van der Waals surface area contributed by atoms with Gasteiger partial charge in [-0.1, -0.05) is 0 Å². The van der Waals surface area contributed by atoms with Crippen molar-refractivity contribution in [1.82, 2.24) is 9.80 Å². The summed E-state index contributed by atoms with van der Waals surface area (Å²) in [6.07, 6.45) is 3.46. The molecule has 0 radical (unpaired) electrons. The number of rotatable bonds is 9. The van der Waals surface area contributed by atoms with E-state index in [0.29, 0.717) is 19.0 Å². The van der Waals surface area contributed by atoms with E-state index in [4.69, 9.17) is 5.11 Å². The number of aliphatic carboxylic acids is 1. The van der Waals surface area contributed by atoms with Crippen molar-refractivity contribution in [3.05, 3.63) is 0 Å². The van der Waals surface area contributed by atoms with E-state index in [0.717, 1.165) is 32.4 Å². The molecule has 0 spiro atoms. The van der Waals surface area contributed by atoms with Gasteiger partial charge >= 0.3 is 5.97 Å². The summed E-state index contributed by atoms with van der Waals surface area (Å²) in [5.41, 5.74) is 0. The smallest absolute Gasteiger partial charge is 0.317 e. The summed E-state index contributed by atoms with van der Waals surface area (Å²) < 4.78 is 0. The molecule has 18 heavy (non-hydrogen) atoms. The van der Waals surface area contributed by atoms with Crippen LogP contribution in [0.2, 0.25) is 0 Å². The van der Waals surface area contributed by atoms with Gasteiger partial charge in [0, 0.05) is 25.6 Å². The molecule has 1 rings (SSSR count). The molecule has 1 N–H and O–H groups in total. The number of hydrogen-bond acceptors (Lipinski definition) is 3. The summed E-state index contributed by atoms with van der Waals surface area (Å²) in [5, 5.41) is 8.82. The van der Waals surface area contributed by atoms with Crippen molar-refractivity contribution in [3.8, 4) is 0 Å². The summed E-state index contributed by atoms with van der Waals surface area (Å²) in [7, 11) is 0. The average molecular weight is 256 g/mol. The summed E-state index contributed by atoms with van der Waals surface area (Å²) in [4.78, 5) is 26.3. The molecule has 5 nitrogen and oxygen atoms in total. The maximum absolute atomic E-state index is 11.8. The highest BCUT2D eigenvalue weighted by atomic mass is 16.4. The maximum Gasteiger partial charge on any atom is 0.317 e. The van der Waals surface area contributed by atoms with Crippen molar-refractivity contribution in [2.45, 2.75) is 45.6 Å². The SMILES string of the molecule is CCN(CC)C(=O)CCCN(CC(=O)O)C1CC1. The van der Waals surface area contributed by atoms with Crippen molar-refractivity contribution in [1.29, 1.82) is 0 Å². The Kier molecular flexibility index (Phi) is 6.12. The van der Waals surface area contributed by atoms with E-state index in [1.165, 1.54) is 0 Å². The molecule has 1 saturated carbocycles. The van der Waals surface area contributed by atoms with Crippen LogP contribution in [0.1, 0.15) is 39.5 Å². The number of carboxylic acids is 1. The third kappa shape index (κ3) is 5.04. The first kappa shape index (κ1) is 15.0. The van der Waals surface area contributed by atoms with Crippen LogP contribution in [-0.4, -0.2) is 59.0 Å². The maximum atomic E-state index is 11.8. The second-order valence-corrected chi connectivity index (χ2v) is 4.76. The lowest BCUT2D eigenvalue weighted by atomic mass is 10.2. The third-order valence-electron chi connectivity index (χ3n) is 3.35. The highest BCUT2D eigenvalue weighted by molar-refractivity contribution is 5.76. The molecule has 1 aliphatic carbocycles. The Labute approximate surface area is 109 Å². The number of nitrogens with zero attached hydrogens (tertiary/aromatic N) is 2. The van der Waals surface area contributed by atoms with Crippen molar-refractivity contribution < 1.29 is 14.7 Å². The summed E-state index contributed by atoms with van der Waals surface area (Å²) in [5.74, 6) is -0.608. The molecule has 1 fully saturated rings. The third-order valence-corrected chi connectivity index (χ3v) is 3.35. The van der Waals surface area contributed by atoms with Gasteiger partial charge in [0.25, 0.3) is 0 Å². The van der Waals surface area contributed by atoms with Crippen LogP contribution in [0.3, 0.4) is 0 Å². The molecule has 0 aromatic carbocycles. The van der Waals surface area contributed by atoms with Crippen LogP contribution >= 0.6 is 0 Å². The predicted molar refractivity (Wildman–Crippen MR) is 69.4 cm³/mol. The van der Waals surface area contributed by atoms with Gasteiger partial charge < -0.3 is 10.0 Å². The topological polar surface area (TPSA) is 60.9 Å². The predicted octanol–water partition coefficient (Wildman–Crippen LogP) is 1.18. The van der Waals surface area contributed by atoms with Crippen molar-refractivity contribution in [2.24, 2.45) is 0 Å². The fourth-order valence-electron chi connectivity index (χ4n) is 2.17. The van der Waals surface area contributed by atoms with Gasteiger partial charge in [0.2, 0.25) is 5.91 Å². The van der Waals surface area contributed by atoms with E-state index in [1.807, 2.05) is 23.6 Å². The van der Waals surface area contributed by atoms with Crippen LogP contribution in [0.5, 0.6) is 0 Å². The normalized spacial score (nSPS) is 14.8. The highest BCUT2D eigenvalue weighted by Gasteiger charge is 2.29. The first-order valence-electron chi connectivity index (χ1n) is 6.82. The molecule has 0 atom stereocenters. The molecule has 0 saturated heterocycles. The number of hydrogen-bond donors (Lipinski definition) is 1. The second kappa shape index (κ2) is 7.36. The Morgan fingerprint density at radius 3 is 2.28 bits per heavy atom. The number of carboxylic acid groups (broad SMARTS) is 1. The monoisotopic (exact) mass is 256 g/mol. The zero-order chi connectivity index (χ0) is 13.5. The van der Waals surface area contributed by atoms with Gasteiger partial charge in [-0.2, -0.15) is 0 Å². The summed E-state index contributed by atoms with van der Waals surface area (Å²) in [6, 6.07) is 0.435. The molecule has 0 aromatic heterocycles. The minimum Gasteiger partial charge on any atom is -0.480 e. The highest BCUT2D eigenvalue weighted by Crippen LogP contribution is 2.26. The van der Waals surface area contributed by atoms with Crippen LogP contribution < -0.4 is 0 Å². The van der Waals surface area contributed by atoms with Crippen molar-refractivity contribution in [2.75, 3.05) is 26.2 Å². The Hall–Kier alpha value is -1.10. The van der Waals surface area contributed by atoms with Gasteiger partial charge in [0.05, 0.1) is 6.54 Å². The molecule has 104 valence electrons. The Morgan fingerprint density at radius 1 is 1.22 bits per heavy atom. The van der Waals surface area contributed by atoms with E-state index in [9.17, 15) is 9.59 Å². The van der Waals surface area contributed by atoms with Crippen molar-refractivity contribution in [3.63, 3.8) is 0 Å². The van der Waals surface area contributed by atoms with E-state index in [2.05, 4.69) is 0 Å². The van der Waals surface area contributed by atoms with Crippen LogP contribution in [-0.2, 0) is 9.59 Å². The van der Waals surface area contributed by atoms with Crippen LogP contribution in [0.15, 0.2) is 0 Å². The first-order valence-corrected chi connectivity index (χ1v) is 6.82. The molecule has 0 unspecified atom stereocenters. The number of carbonyl (C=O) groups excluding carboxylic acids is 1. The zero-order valence-electron chi connectivity index (χ0n) is 11.4. The van der Waals surface area contributed by atoms with Crippen LogP contribution in [0.4, 0.5) is 0 Å². The Balaban J connectivity index is 2.25. The van der Waals surface area contributed by atoms with Gasteiger partial charge in [-0.15, -0.1) is 0 Å². The van der Waals surface area contributed by atoms with Gasteiger partial charge in [0.1, 0.15) is 0 Å². The minimum atomic E-state index is -0.781. The van der Waals surface area contributed by atoms with Crippen LogP contribution in [0, 0.1) is 0 Å². The lowest BCUT2D eigenvalue weighted by Gasteiger charge is -2.21. The fraction of sp³-hybridized carbons (Fsp3) is 0.846. The zero-order valence-corrected chi connectivity index (χ0v) is 11.4. The Bertz CT molecular complexity index is 286. The van der Waals surface area contributed by atoms with Gasteiger partial charge in [-0.3, -0.25) is 14.5 Å². The average Bonchev–Trinajstić information content (AvgIpc) is 3.12. The molecule has 1 amide bonds. The van der Waals surface area contributed by atoms with E-state index in [1.54, 1.807) is 0 Å². The molecular weight excluding hydrogens is 232 g/mol. The van der Waals surface area contributed by atoms with Gasteiger partial charge in [-0.25, -0.2) is 0 Å². The van der Waals surface area contributed by atoms with Crippen LogP contribution in [0.25, 0.3) is 0 Å². The largest absolute Gasteiger partial charge is 0.480 e. The molecule has 0 bridgehead atoms. The minimum absolute atomic E-state index is 0.101.